The van der Waals surface area contributed by atoms with E-state index in [4.69, 9.17) is 71.1 Å². The van der Waals surface area contributed by atoms with Gasteiger partial charge in [-0.05, 0) is 13.8 Å². The number of ether oxygens (including phenoxy) is 15. The minimum absolute atomic E-state index is 0.913. The standard InChI is InChI=1S/C52H88N2O39/c1-11-23(62)28(67)34(73)48(80-11)89-41-19(9-59)86-47(22(54-14(4)61)43(41)92-51-37(76)31(70)26(65)16(6-56)84-51)93-44-27(66)20(87-52(38(44)77)88-39-17(7-57)82-45(78)33(72)32(39)71)10-79-46-21(53-13(3)60)42(91-49-35(74)29(68)24(63)12(2)81-49)40(18(8-58)85-46)90-50-36(75)30(69)25(64)15(5-55)83-50/h11-12,15-52,55-59,62-78H,5-10H2,1-4H3,(H,53,60)(H,54,61)/t11-,12-,15-,16-,17+,18-,19+,20+,21+,22+,23+,24+,25+,26+,27-,28-,29-,30-,31-,32-,33-,34+,35+,36+,37+,38-,39+,40-,41+,42+,43-,44-,45+,46-,47+,48-,49-,50+,51+,52?/m0/s1. The summed E-state index contributed by atoms with van der Waals surface area (Å²) in [6.45, 7) is -1.88. The highest BCUT2D eigenvalue weighted by atomic mass is 16.8. The van der Waals surface area contributed by atoms with E-state index in [-0.39, 0.29) is 0 Å². The Hall–Kier alpha value is -2.54. The van der Waals surface area contributed by atoms with E-state index in [0.717, 1.165) is 13.8 Å². The van der Waals surface area contributed by atoms with Crippen molar-refractivity contribution < 1.29 is 193 Å². The fourth-order valence-corrected chi connectivity index (χ4v) is 12.1. The van der Waals surface area contributed by atoms with Crippen molar-refractivity contribution in [1.82, 2.24) is 10.6 Å². The Morgan fingerprint density at radius 1 is 0.301 bits per heavy atom. The topological polar surface area (TPSA) is 642 Å². The first kappa shape index (κ1) is 76.2. The Morgan fingerprint density at radius 2 is 0.624 bits per heavy atom. The molecule has 1 unspecified atom stereocenters. The number of hydrogen-bond acceptors (Lipinski definition) is 39. The van der Waals surface area contributed by atoms with Crippen molar-refractivity contribution in [3.63, 3.8) is 0 Å². The summed E-state index contributed by atoms with van der Waals surface area (Å²) < 4.78 is 89.1. The first-order valence-corrected chi connectivity index (χ1v) is 29.9. The van der Waals surface area contributed by atoms with Crippen molar-refractivity contribution in [3.05, 3.63) is 0 Å². The molecule has 0 bridgehead atoms. The lowest BCUT2D eigenvalue weighted by Crippen LogP contribution is -2.71. The van der Waals surface area contributed by atoms with Crippen molar-refractivity contribution in [1.29, 1.82) is 0 Å². The van der Waals surface area contributed by atoms with Crippen LogP contribution < -0.4 is 10.6 Å². The molecule has 0 aromatic rings. The van der Waals surface area contributed by atoms with Gasteiger partial charge in [0.15, 0.2) is 50.3 Å². The first-order valence-electron chi connectivity index (χ1n) is 29.9. The largest absolute Gasteiger partial charge is 0.394 e. The maximum atomic E-state index is 13.3. The lowest BCUT2D eigenvalue weighted by molar-refractivity contribution is -0.394. The number of aliphatic hydroxyl groups is 22. The molecule has 8 rings (SSSR count). The summed E-state index contributed by atoms with van der Waals surface area (Å²) >= 11 is 0. The van der Waals surface area contributed by atoms with Crippen molar-refractivity contribution in [2.24, 2.45) is 0 Å². The van der Waals surface area contributed by atoms with Gasteiger partial charge in [0.05, 0.1) is 51.8 Å². The summed E-state index contributed by atoms with van der Waals surface area (Å²) in [5, 5.41) is 244. The van der Waals surface area contributed by atoms with Crippen LogP contribution in [0.1, 0.15) is 27.7 Å². The van der Waals surface area contributed by atoms with Crippen molar-refractivity contribution in [2.75, 3.05) is 39.6 Å². The van der Waals surface area contributed by atoms with E-state index < -0.39 is 297 Å². The average molecular weight is 1370 g/mol. The minimum Gasteiger partial charge on any atom is -0.394 e. The van der Waals surface area contributed by atoms with Crippen molar-refractivity contribution in [3.8, 4) is 0 Å². The third-order valence-electron chi connectivity index (χ3n) is 17.4. The lowest BCUT2D eigenvalue weighted by Gasteiger charge is -2.52. The Labute approximate surface area is 527 Å². The number of carbonyl (C=O) groups excluding carboxylic acids is 2. The molecule has 0 spiro atoms. The smallest absolute Gasteiger partial charge is 0.217 e. The van der Waals surface area contributed by atoms with Crippen LogP contribution in [0.2, 0.25) is 0 Å². The molecule has 0 radical (unpaired) electrons. The Bertz CT molecular complexity index is 2350. The van der Waals surface area contributed by atoms with Crippen LogP contribution in [0.5, 0.6) is 0 Å². The number of hydrogen-bond donors (Lipinski definition) is 24. The molecule has 0 aliphatic carbocycles. The van der Waals surface area contributed by atoms with Crippen LogP contribution >= 0.6 is 0 Å². The maximum Gasteiger partial charge on any atom is 0.217 e. The Kier molecular flexibility index (Phi) is 26.7. The molecule has 8 aliphatic rings. The van der Waals surface area contributed by atoms with Crippen LogP contribution in [0.25, 0.3) is 0 Å². The van der Waals surface area contributed by atoms with Gasteiger partial charge in [-0.2, -0.15) is 0 Å². The minimum atomic E-state index is -2.42. The highest BCUT2D eigenvalue weighted by Gasteiger charge is 2.60. The second kappa shape index (κ2) is 32.6. The Balaban J connectivity index is 1.17. The molecule has 40 atom stereocenters. The molecular formula is C52H88N2O39. The quantitative estimate of drug-likeness (QED) is 0.0479. The van der Waals surface area contributed by atoms with Gasteiger partial charge in [-0.3, -0.25) is 9.59 Å². The van der Waals surface area contributed by atoms with E-state index in [1.807, 2.05) is 0 Å². The summed E-state index contributed by atoms with van der Waals surface area (Å²) in [5.41, 5.74) is 0. The molecule has 24 N–H and O–H groups in total. The molecule has 2 amide bonds. The van der Waals surface area contributed by atoms with Gasteiger partial charge in [0, 0.05) is 13.8 Å². The summed E-state index contributed by atoms with van der Waals surface area (Å²) in [7, 11) is 0. The SMILES string of the molecule is CC(=O)N[C@H]1[C@@H](OC[C@H]2OC(O[C@H]3[C@@H](O)[C@H](O)[C@H](O)O[C@@H]3CO)[C@@H](O)[C@@H](O[C@H]3O[C@H](CO)[C@@H](O[C@@H]4O[C@@H](C)[C@@H](O)[C@H](O)[C@H]4O)[C@@H](O[C@H]4O[C@@H](CO)[C@@H](O)[C@H](O)[C@H]4O)[C@H]3NC(C)=O)[C@H]2O)O[C@@H](CO)[C@H](O[C@H]2O[C@@H](CO)[C@@H](O)[C@H](O)[C@H]2O)[C@@H]1O[C@@H]1O[C@@H](C)[C@@H](O)[C@H](O)[C@H]1O. The molecule has 8 heterocycles. The zero-order chi connectivity index (χ0) is 68.5. The highest BCUT2D eigenvalue weighted by molar-refractivity contribution is 5.73. The number of aliphatic hydroxyl groups excluding tert-OH is 22. The second-order valence-corrected chi connectivity index (χ2v) is 23.9. The van der Waals surface area contributed by atoms with E-state index in [1.165, 1.54) is 13.8 Å². The molecule has 8 aliphatic heterocycles. The molecule has 8 fully saturated rings. The van der Waals surface area contributed by atoms with Crippen LogP contribution in [0.15, 0.2) is 0 Å². The van der Waals surface area contributed by atoms with Gasteiger partial charge < -0.3 is 194 Å². The number of nitrogens with one attached hydrogen (secondary N) is 2. The monoisotopic (exact) mass is 1360 g/mol. The van der Waals surface area contributed by atoms with Gasteiger partial charge >= 0.3 is 0 Å². The Morgan fingerprint density at radius 3 is 1.04 bits per heavy atom. The normalized spacial score (nSPS) is 51.6. The van der Waals surface area contributed by atoms with Gasteiger partial charge in [-0.25, -0.2) is 0 Å². The van der Waals surface area contributed by atoms with Crippen LogP contribution in [-0.2, 0) is 80.6 Å². The zero-order valence-corrected chi connectivity index (χ0v) is 50.1. The summed E-state index contributed by atoms with van der Waals surface area (Å²) in [5.74, 6) is -1.88. The number of carbonyl (C=O) groups is 2. The van der Waals surface area contributed by atoms with Gasteiger partial charge in [0.1, 0.15) is 183 Å². The van der Waals surface area contributed by atoms with Crippen LogP contribution in [-0.4, -0.2) is 409 Å². The third kappa shape index (κ3) is 16.4. The molecular weight excluding hydrogens is 1280 g/mol. The van der Waals surface area contributed by atoms with E-state index in [9.17, 15) is 122 Å². The predicted octanol–water partition coefficient (Wildman–Crippen LogP) is -16.1. The lowest BCUT2D eigenvalue weighted by atomic mass is 9.93. The van der Waals surface area contributed by atoms with Crippen molar-refractivity contribution in [2.45, 2.75) is 273 Å². The van der Waals surface area contributed by atoms with Crippen LogP contribution in [0.4, 0.5) is 0 Å². The van der Waals surface area contributed by atoms with Gasteiger partial charge in [0.2, 0.25) is 11.8 Å². The summed E-state index contributed by atoms with van der Waals surface area (Å²) in [4.78, 5) is 26.5. The van der Waals surface area contributed by atoms with E-state index >= 15 is 0 Å². The zero-order valence-electron chi connectivity index (χ0n) is 50.1. The van der Waals surface area contributed by atoms with Crippen molar-refractivity contribution >= 4 is 11.8 Å². The van der Waals surface area contributed by atoms with Gasteiger partial charge in [0.25, 0.3) is 0 Å². The predicted molar refractivity (Wildman–Crippen MR) is 285 cm³/mol. The summed E-state index contributed by atoms with van der Waals surface area (Å²) in [6.07, 6.45) is -75.1. The third-order valence-corrected chi connectivity index (χ3v) is 17.4. The fraction of sp³-hybridized carbons (Fsp3) is 0.962. The number of rotatable bonds is 22. The molecule has 8 saturated heterocycles. The summed E-state index contributed by atoms with van der Waals surface area (Å²) in [6, 6.07) is -3.82. The van der Waals surface area contributed by atoms with E-state index in [2.05, 4.69) is 10.6 Å². The molecule has 0 aromatic heterocycles. The van der Waals surface area contributed by atoms with Gasteiger partial charge in [-0.15, -0.1) is 0 Å². The molecule has 0 saturated carbocycles. The highest BCUT2D eigenvalue weighted by Crippen LogP contribution is 2.39. The second-order valence-electron chi connectivity index (χ2n) is 23.9. The number of amides is 2. The van der Waals surface area contributed by atoms with E-state index in [1.54, 1.807) is 0 Å². The first-order chi connectivity index (χ1) is 43.9. The maximum absolute atomic E-state index is 13.3. The molecule has 41 nitrogen and oxygen atoms in total. The molecule has 41 heteroatoms. The average Bonchev–Trinajstić information content (AvgIpc) is 0.770. The van der Waals surface area contributed by atoms with Crippen LogP contribution in [0.3, 0.4) is 0 Å². The molecule has 540 valence electrons. The molecule has 0 aromatic carbocycles. The molecule has 93 heavy (non-hydrogen) atoms. The van der Waals surface area contributed by atoms with Crippen LogP contribution in [0, 0.1) is 0 Å². The van der Waals surface area contributed by atoms with E-state index in [0.29, 0.717) is 0 Å². The fourth-order valence-electron chi connectivity index (χ4n) is 12.1. The van der Waals surface area contributed by atoms with Gasteiger partial charge in [-0.1, -0.05) is 0 Å².